The average molecular weight is 785 g/mol. The smallest absolute Gasteiger partial charge is 0.00264 e. The molecule has 0 unspecified atom stereocenters. The molecule has 0 heterocycles. The third-order valence-corrected chi connectivity index (χ3v) is 12.9. The van der Waals surface area contributed by atoms with E-state index in [1.54, 1.807) is 0 Å². The van der Waals surface area contributed by atoms with Gasteiger partial charge in [0, 0.05) is 0 Å². The Kier molecular flexibility index (Phi) is 8.61. The van der Waals surface area contributed by atoms with E-state index in [0.29, 0.717) is 0 Å². The molecule has 12 aromatic rings. The molecule has 0 heteroatoms. The van der Waals surface area contributed by atoms with Crippen LogP contribution >= 0.6 is 0 Å². The molecule has 62 heavy (non-hydrogen) atoms. The third kappa shape index (κ3) is 5.84. The highest BCUT2D eigenvalue weighted by molar-refractivity contribution is 6.23. The normalized spacial score (nSPS) is 11.5. The van der Waals surface area contributed by atoms with E-state index in [1.807, 2.05) is 0 Å². The molecule has 0 bridgehead atoms. The first kappa shape index (κ1) is 35.8. The van der Waals surface area contributed by atoms with Gasteiger partial charge in [-0.15, -0.1) is 0 Å². The average Bonchev–Trinajstić information content (AvgIpc) is 3.35. The summed E-state index contributed by atoms with van der Waals surface area (Å²) in [5, 5.41) is 12.6. The largest absolute Gasteiger partial charge is 0.0622 e. The van der Waals surface area contributed by atoms with Crippen LogP contribution in [0.1, 0.15) is 0 Å². The predicted molar refractivity (Wildman–Crippen MR) is 267 cm³/mol. The summed E-state index contributed by atoms with van der Waals surface area (Å²) in [6, 6.07) is 89.1. The van der Waals surface area contributed by atoms with Crippen LogP contribution in [0, 0.1) is 0 Å². The Morgan fingerprint density at radius 1 is 0.161 bits per heavy atom. The molecule has 0 amide bonds. The molecule has 0 N–H and O–H groups in total. The highest BCUT2D eigenvalue weighted by Gasteiger charge is 2.19. The molecule has 0 saturated heterocycles. The monoisotopic (exact) mass is 784 g/mol. The van der Waals surface area contributed by atoms with Crippen molar-refractivity contribution in [3.63, 3.8) is 0 Å². The highest BCUT2D eigenvalue weighted by atomic mass is 14.2. The molecular weight excluding hydrogens is 745 g/mol. The first-order valence-corrected chi connectivity index (χ1v) is 21.5. The molecule has 0 spiro atoms. The zero-order valence-electron chi connectivity index (χ0n) is 34.1. The van der Waals surface area contributed by atoms with Gasteiger partial charge in [-0.3, -0.25) is 0 Å². The van der Waals surface area contributed by atoms with Crippen LogP contribution in [0.3, 0.4) is 0 Å². The summed E-state index contributed by atoms with van der Waals surface area (Å²) in [6.45, 7) is 0. The van der Waals surface area contributed by atoms with Crippen molar-refractivity contribution in [2.24, 2.45) is 0 Å². The van der Waals surface area contributed by atoms with Crippen LogP contribution in [0.4, 0.5) is 0 Å². The van der Waals surface area contributed by atoms with Crippen molar-refractivity contribution >= 4 is 53.9 Å². The SMILES string of the molecule is c1ccc(-c2c3ccccc3c(-c3ccc(-c4cccc5cccc(-c6ccc(-c7c8ccccc8c(-c8ccccc8)c8ccccc78)cc6)c45)cc3)c3ccccc23)cc1. The van der Waals surface area contributed by atoms with Crippen LogP contribution in [0.25, 0.3) is 121 Å². The van der Waals surface area contributed by atoms with Gasteiger partial charge in [0.2, 0.25) is 0 Å². The number of benzene rings is 12. The summed E-state index contributed by atoms with van der Waals surface area (Å²) in [5.41, 5.74) is 14.9. The Morgan fingerprint density at radius 2 is 0.403 bits per heavy atom. The Bertz CT molecular complexity index is 3280. The van der Waals surface area contributed by atoms with Crippen LogP contribution in [0.5, 0.6) is 0 Å². The Labute approximate surface area is 361 Å². The summed E-state index contributed by atoms with van der Waals surface area (Å²) in [6.07, 6.45) is 0. The molecule has 0 fully saturated rings. The van der Waals surface area contributed by atoms with Crippen molar-refractivity contribution in [2.45, 2.75) is 0 Å². The van der Waals surface area contributed by atoms with Crippen molar-refractivity contribution in [3.8, 4) is 66.8 Å². The Morgan fingerprint density at radius 3 is 0.694 bits per heavy atom. The van der Waals surface area contributed by atoms with Gasteiger partial charge in [0.05, 0.1) is 0 Å². The summed E-state index contributed by atoms with van der Waals surface area (Å²) < 4.78 is 0. The standard InChI is InChI=1S/C62H40/c1-3-17-43(18-4-1)59-50-23-7-11-27-54(50)61(55-28-12-8-24-51(55)59)46-37-33-41(34-38-46)48-31-15-21-45-22-16-32-49(58(45)48)42-35-39-47(40-36-42)62-56-29-13-9-25-52(56)60(44-19-5-2-6-20-44)53-26-10-14-30-57(53)62/h1-40H. The third-order valence-electron chi connectivity index (χ3n) is 12.9. The van der Waals surface area contributed by atoms with Gasteiger partial charge in [-0.05, 0) is 121 Å². The van der Waals surface area contributed by atoms with E-state index in [0.717, 1.165) is 0 Å². The van der Waals surface area contributed by atoms with Crippen molar-refractivity contribution in [1.82, 2.24) is 0 Å². The maximum atomic E-state index is 2.32. The molecule has 0 radical (unpaired) electrons. The fourth-order valence-electron chi connectivity index (χ4n) is 10.2. The first-order valence-electron chi connectivity index (χ1n) is 21.5. The van der Waals surface area contributed by atoms with Gasteiger partial charge in [0.1, 0.15) is 0 Å². The minimum absolute atomic E-state index is 1.20. The van der Waals surface area contributed by atoms with Gasteiger partial charge in [0.15, 0.2) is 0 Å². The molecule has 0 saturated carbocycles. The van der Waals surface area contributed by atoms with Gasteiger partial charge >= 0.3 is 0 Å². The molecule has 0 aromatic heterocycles. The zero-order valence-corrected chi connectivity index (χ0v) is 34.1. The Balaban J connectivity index is 0.970. The van der Waals surface area contributed by atoms with Gasteiger partial charge in [-0.25, -0.2) is 0 Å². The fourth-order valence-corrected chi connectivity index (χ4v) is 10.2. The molecular formula is C62H40. The summed E-state index contributed by atoms with van der Waals surface area (Å²) in [7, 11) is 0. The van der Waals surface area contributed by atoms with Gasteiger partial charge in [0.25, 0.3) is 0 Å². The van der Waals surface area contributed by atoms with E-state index < -0.39 is 0 Å². The quantitative estimate of drug-likeness (QED) is 0.147. The molecule has 0 aliphatic rings. The second kappa shape index (κ2) is 14.9. The van der Waals surface area contributed by atoms with Crippen LogP contribution < -0.4 is 0 Å². The molecule has 0 aliphatic heterocycles. The van der Waals surface area contributed by atoms with Crippen LogP contribution in [-0.2, 0) is 0 Å². The number of rotatable bonds is 6. The van der Waals surface area contributed by atoms with Gasteiger partial charge < -0.3 is 0 Å². The number of hydrogen-bond acceptors (Lipinski definition) is 0. The van der Waals surface area contributed by atoms with E-state index in [2.05, 4.69) is 243 Å². The summed E-state index contributed by atoms with van der Waals surface area (Å²) in [5.74, 6) is 0. The van der Waals surface area contributed by atoms with E-state index in [4.69, 9.17) is 0 Å². The summed E-state index contributed by atoms with van der Waals surface area (Å²) >= 11 is 0. The van der Waals surface area contributed by atoms with Crippen molar-refractivity contribution in [1.29, 1.82) is 0 Å². The maximum Gasteiger partial charge on any atom is -0.00264 e. The number of fused-ring (bicyclic) bond motifs is 5. The van der Waals surface area contributed by atoms with Gasteiger partial charge in [-0.2, -0.15) is 0 Å². The summed E-state index contributed by atoms with van der Waals surface area (Å²) in [4.78, 5) is 0. The minimum Gasteiger partial charge on any atom is -0.0622 e. The van der Waals surface area contributed by atoms with E-state index >= 15 is 0 Å². The topological polar surface area (TPSA) is 0 Å². The van der Waals surface area contributed by atoms with E-state index in [9.17, 15) is 0 Å². The molecule has 12 rings (SSSR count). The molecule has 0 atom stereocenters. The minimum atomic E-state index is 1.20. The van der Waals surface area contributed by atoms with Gasteiger partial charge in [-0.1, -0.05) is 243 Å². The molecule has 0 aliphatic carbocycles. The Hall–Kier alpha value is -8.06. The van der Waals surface area contributed by atoms with Crippen LogP contribution in [0.2, 0.25) is 0 Å². The predicted octanol–water partition coefficient (Wildman–Crippen LogP) is 17.5. The lowest BCUT2D eigenvalue weighted by molar-refractivity contribution is 1.61. The fraction of sp³-hybridized carbons (Fsp3) is 0. The molecule has 0 nitrogen and oxygen atoms in total. The van der Waals surface area contributed by atoms with Crippen LogP contribution in [0.15, 0.2) is 243 Å². The highest BCUT2D eigenvalue weighted by Crippen LogP contribution is 2.46. The van der Waals surface area contributed by atoms with Crippen molar-refractivity contribution in [3.05, 3.63) is 243 Å². The van der Waals surface area contributed by atoms with Crippen LogP contribution in [-0.4, -0.2) is 0 Å². The maximum absolute atomic E-state index is 2.32. The second-order valence-electron chi connectivity index (χ2n) is 16.3. The lowest BCUT2D eigenvalue weighted by atomic mass is 9.85. The second-order valence-corrected chi connectivity index (χ2v) is 16.3. The zero-order chi connectivity index (χ0) is 41.0. The number of hydrogen-bond donors (Lipinski definition) is 0. The lowest BCUT2D eigenvalue weighted by Crippen LogP contribution is -1.91. The van der Waals surface area contributed by atoms with E-state index in [-0.39, 0.29) is 0 Å². The lowest BCUT2D eigenvalue weighted by Gasteiger charge is -2.18. The molecule has 288 valence electrons. The first-order chi connectivity index (χ1) is 30.8. The van der Waals surface area contributed by atoms with Crippen molar-refractivity contribution in [2.75, 3.05) is 0 Å². The molecule has 12 aromatic carbocycles. The van der Waals surface area contributed by atoms with Crippen molar-refractivity contribution < 1.29 is 0 Å². The van der Waals surface area contributed by atoms with E-state index in [1.165, 1.54) is 121 Å².